The summed E-state index contributed by atoms with van der Waals surface area (Å²) in [5.74, 6) is 1.38. The molecule has 0 saturated carbocycles. The molecule has 2 rings (SSSR count). The van der Waals surface area contributed by atoms with Crippen LogP contribution in [0.3, 0.4) is 0 Å². The molecule has 1 N–H and O–H groups in total. The Balaban J connectivity index is 1.81. The minimum Gasteiger partial charge on any atom is -0.354 e. The van der Waals surface area contributed by atoms with E-state index in [1.807, 2.05) is 44.2 Å². The van der Waals surface area contributed by atoms with E-state index in [4.69, 9.17) is 11.6 Å². The SMILES string of the molecule is Cc1cc(C)cc(N(CC(=O)NCCCSCc2ccccc2Cl)S(C)(=O)=O)c1. The minimum atomic E-state index is -3.56. The summed E-state index contributed by atoms with van der Waals surface area (Å²) < 4.78 is 25.5. The second kappa shape index (κ2) is 10.9. The van der Waals surface area contributed by atoms with Crippen molar-refractivity contribution in [3.63, 3.8) is 0 Å². The average molecular weight is 455 g/mol. The molecule has 1 amide bonds. The average Bonchev–Trinajstić information content (AvgIpc) is 2.62. The zero-order chi connectivity index (χ0) is 21.4. The Hall–Kier alpha value is -1.70. The number of carbonyl (C=O) groups is 1. The molecule has 0 unspecified atom stereocenters. The van der Waals surface area contributed by atoms with Crippen molar-refractivity contribution in [1.29, 1.82) is 0 Å². The Morgan fingerprint density at radius 3 is 2.41 bits per heavy atom. The summed E-state index contributed by atoms with van der Waals surface area (Å²) in [5.41, 5.74) is 3.50. The number of aryl methyl sites for hydroxylation is 2. The standard InChI is InChI=1S/C21H27ClN2O3S2/c1-16-11-17(2)13-19(12-16)24(29(3,26)27)14-21(25)23-9-6-10-28-15-18-7-4-5-8-20(18)22/h4-5,7-8,11-13H,6,9-10,14-15H2,1-3H3,(H,23,25). The third-order valence-electron chi connectivity index (χ3n) is 4.19. The molecule has 158 valence electrons. The third-order valence-corrected chi connectivity index (χ3v) is 6.79. The van der Waals surface area contributed by atoms with Crippen LogP contribution in [0.4, 0.5) is 5.69 Å². The van der Waals surface area contributed by atoms with Gasteiger partial charge in [-0.1, -0.05) is 35.9 Å². The minimum absolute atomic E-state index is 0.228. The molecule has 0 atom stereocenters. The molecule has 8 heteroatoms. The summed E-state index contributed by atoms with van der Waals surface area (Å²) in [6, 6.07) is 13.3. The first-order valence-electron chi connectivity index (χ1n) is 9.30. The highest BCUT2D eigenvalue weighted by Gasteiger charge is 2.21. The molecule has 0 heterocycles. The number of rotatable bonds is 10. The van der Waals surface area contributed by atoms with Gasteiger partial charge in [-0.25, -0.2) is 8.42 Å². The van der Waals surface area contributed by atoms with Crippen molar-refractivity contribution in [1.82, 2.24) is 5.32 Å². The molecule has 2 aromatic carbocycles. The van der Waals surface area contributed by atoms with E-state index in [2.05, 4.69) is 5.32 Å². The van der Waals surface area contributed by atoms with E-state index in [1.54, 1.807) is 23.9 Å². The number of nitrogens with zero attached hydrogens (tertiary/aromatic N) is 1. The van der Waals surface area contributed by atoms with Crippen LogP contribution in [-0.2, 0) is 20.6 Å². The maximum absolute atomic E-state index is 12.3. The van der Waals surface area contributed by atoms with Gasteiger partial charge in [0.1, 0.15) is 6.54 Å². The number of carbonyl (C=O) groups excluding carboxylic acids is 1. The second-order valence-corrected chi connectivity index (χ2v) is 10.4. The van der Waals surface area contributed by atoms with Crippen LogP contribution in [-0.4, -0.2) is 39.4 Å². The Labute approximate surface area is 182 Å². The number of benzene rings is 2. The summed E-state index contributed by atoms with van der Waals surface area (Å²) in [6.45, 7) is 4.07. The lowest BCUT2D eigenvalue weighted by molar-refractivity contribution is -0.119. The third kappa shape index (κ3) is 7.91. The summed E-state index contributed by atoms with van der Waals surface area (Å²) >= 11 is 7.89. The van der Waals surface area contributed by atoms with Crippen LogP contribution in [0, 0.1) is 13.8 Å². The van der Waals surface area contributed by atoms with Crippen LogP contribution in [0.15, 0.2) is 42.5 Å². The van der Waals surface area contributed by atoms with Crippen molar-refractivity contribution < 1.29 is 13.2 Å². The first-order chi connectivity index (χ1) is 13.7. The molecule has 0 aliphatic heterocycles. The van der Waals surface area contributed by atoms with Crippen LogP contribution in [0.5, 0.6) is 0 Å². The number of sulfonamides is 1. The van der Waals surface area contributed by atoms with E-state index in [1.165, 1.54) is 0 Å². The molecule has 0 radical (unpaired) electrons. The van der Waals surface area contributed by atoms with Gasteiger partial charge in [0.2, 0.25) is 15.9 Å². The van der Waals surface area contributed by atoms with Crippen molar-refractivity contribution in [2.75, 3.05) is 29.4 Å². The fourth-order valence-corrected chi connectivity index (χ4v) is 4.97. The molecule has 29 heavy (non-hydrogen) atoms. The number of nitrogens with one attached hydrogen (secondary N) is 1. The van der Waals surface area contributed by atoms with Crippen molar-refractivity contribution in [3.05, 3.63) is 64.2 Å². The van der Waals surface area contributed by atoms with Crippen LogP contribution >= 0.6 is 23.4 Å². The Morgan fingerprint density at radius 1 is 1.14 bits per heavy atom. The number of anilines is 1. The van der Waals surface area contributed by atoms with Crippen molar-refractivity contribution >= 4 is 45.0 Å². The predicted molar refractivity (Wildman–Crippen MR) is 123 cm³/mol. The number of amides is 1. The fourth-order valence-electron chi connectivity index (χ4n) is 2.88. The van der Waals surface area contributed by atoms with Crippen molar-refractivity contribution in [2.24, 2.45) is 0 Å². The Morgan fingerprint density at radius 2 is 1.79 bits per heavy atom. The smallest absolute Gasteiger partial charge is 0.240 e. The van der Waals surface area contributed by atoms with E-state index >= 15 is 0 Å². The van der Waals surface area contributed by atoms with Gasteiger partial charge in [-0.05, 0) is 60.9 Å². The normalized spacial score (nSPS) is 11.3. The molecule has 0 aromatic heterocycles. The Kier molecular flexibility index (Phi) is 8.86. The lowest BCUT2D eigenvalue weighted by Gasteiger charge is -2.22. The first kappa shape index (κ1) is 23.6. The summed E-state index contributed by atoms with van der Waals surface area (Å²) in [6.07, 6.45) is 1.91. The summed E-state index contributed by atoms with van der Waals surface area (Å²) in [7, 11) is -3.56. The summed E-state index contributed by atoms with van der Waals surface area (Å²) in [5, 5.41) is 3.57. The molecule has 0 spiro atoms. The molecule has 0 fully saturated rings. The largest absolute Gasteiger partial charge is 0.354 e. The number of hydrogen-bond donors (Lipinski definition) is 1. The van der Waals surface area contributed by atoms with Crippen LogP contribution in [0.2, 0.25) is 5.02 Å². The molecule has 0 aliphatic carbocycles. The van der Waals surface area contributed by atoms with E-state index in [-0.39, 0.29) is 12.5 Å². The maximum Gasteiger partial charge on any atom is 0.240 e. The molecular weight excluding hydrogens is 428 g/mol. The van der Waals surface area contributed by atoms with Gasteiger partial charge in [-0.3, -0.25) is 9.10 Å². The highest BCUT2D eigenvalue weighted by Crippen LogP contribution is 2.22. The van der Waals surface area contributed by atoms with Gasteiger partial charge in [-0.15, -0.1) is 0 Å². The van der Waals surface area contributed by atoms with Gasteiger partial charge in [0.25, 0.3) is 0 Å². The van der Waals surface area contributed by atoms with E-state index in [0.29, 0.717) is 12.2 Å². The number of thioether (sulfide) groups is 1. The number of hydrogen-bond acceptors (Lipinski definition) is 4. The topological polar surface area (TPSA) is 66.5 Å². The van der Waals surface area contributed by atoms with E-state index in [9.17, 15) is 13.2 Å². The number of halogens is 1. The fraction of sp³-hybridized carbons (Fsp3) is 0.381. The Bertz CT molecular complexity index is 928. The van der Waals surface area contributed by atoms with E-state index in [0.717, 1.165) is 50.2 Å². The van der Waals surface area contributed by atoms with Gasteiger partial charge < -0.3 is 5.32 Å². The monoisotopic (exact) mass is 454 g/mol. The van der Waals surface area contributed by atoms with Gasteiger partial charge in [0.15, 0.2) is 0 Å². The van der Waals surface area contributed by atoms with Gasteiger partial charge in [0.05, 0.1) is 11.9 Å². The quantitative estimate of drug-likeness (QED) is 0.547. The van der Waals surface area contributed by atoms with Crippen LogP contribution in [0.25, 0.3) is 0 Å². The van der Waals surface area contributed by atoms with Gasteiger partial charge in [0, 0.05) is 17.3 Å². The highest BCUT2D eigenvalue weighted by molar-refractivity contribution is 7.98. The van der Waals surface area contributed by atoms with Crippen LogP contribution in [0.1, 0.15) is 23.1 Å². The highest BCUT2D eigenvalue weighted by atomic mass is 35.5. The zero-order valence-corrected chi connectivity index (χ0v) is 19.3. The zero-order valence-electron chi connectivity index (χ0n) is 16.9. The van der Waals surface area contributed by atoms with Gasteiger partial charge in [-0.2, -0.15) is 11.8 Å². The van der Waals surface area contributed by atoms with Gasteiger partial charge >= 0.3 is 0 Å². The molecule has 0 aliphatic rings. The predicted octanol–water partition coefficient (Wildman–Crippen LogP) is 4.16. The first-order valence-corrected chi connectivity index (χ1v) is 12.7. The molecule has 2 aromatic rings. The molecule has 5 nitrogen and oxygen atoms in total. The lowest BCUT2D eigenvalue weighted by Crippen LogP contribution is -2.40. The van der Waals surface area contributed by atoms with E-state index < -0.39 is 10.0 Å². The summed E-state index contributed by atoms with van der Waals surface area (Å²) in [4.78, 5) is 12.3. The van der Waals surface area contributed by atoms with Crippen molar-refractivity contribution in [3.8, 4) is 0 Å². The van der Waals surface area contributed by atoms with Crippen LogP contribution < -0.4 is 9.62 Å². The second-order valence-electron chi connectivity index (χ2n) is 6.96. The molecule has 0 bridgehead atoms. The maximum atomic E-state index is 12.3. The lowest BCUT2D eigenvalue weighted by atomic mass is 10.1. The molecule has 0 saturated heterocycles. The van der Waals surface area contributed by atoms with Crippen molar-refractivity contribution in [2.45, 2.75) is 26.0 Å². The molecular formula is C21H27ClN2O3S2.